The van der Waals surface area contributed by atoms with Crippen LogP contribution in [0.2, 0.25) is 0 Å². The summed E-state index contributed by atoms with van der Waals surface area (Å²) in [6.07, 6.45) is 0. The van der Waals surface area contributed by atoms with E-state index >= 15 is 0 Å². The highest BCUT2D eigenvalue weighted by atomic mass is 16.3. The van der Waals surface area contributed by atoms with Crippen molar-refractivity contribution in [1.29, 1.82) is 0 Å². The summed E-state index contributed by atoms with van der Waals surface area (Å²) in [4.78, 5) is 0. The molecule has 51 heavy (non-hydrogen) atoms. The van der Waals surface area contributed by atoms with Gasteiger partial charge in [-0.2, -0.15) is 0 Å². The van der Waals surface area contributed by atoms with Gasteiger partial charge in [0, 0.05) is 26.9 Å². The normalized spacial score (nSPS) is 12.3. The van der Waals surface area contributed by atoms with E-state index in [2.05, 4.69) is 146 Å². The smallest absolute Gasteiger partial charge is 0.147 e. The van der Waals surface area contributed by atoms with E-state index in [1.54, 1.807) is 0 Å². The van der Waals surface area contributed by atoms with Crippen LogP contribution in [0.3, 0.4) is 0 Å². The summed E-state index contributed by atoms with van der Waals surface area (Å²) < 4.78 is 19.5. The number of para-hydroxylation sites is 1. The maximum Gasteiger partial charge on any atom is 0.147 e. The predicted molar refractivity (Wildman–Crippen MR) is 212 cm³/mol. The van der Waals surface area contributed by atoms with Crippen LogP contribution in [0.25, 0.3) is 120 Å². The molecule has 0 aliphatic carbocycles. The SMILES string of the molecule is c1ccc2c(c1)ccc1oc3c(ccc4oc5ccc(-c6c7ccccc7c(-c7ccc8c(c7)oc7ccccc78)c7ccccc67)cc5c43)c12. The Labute approximate surface area is 290 Å². The predicted octanol–water partition coefficient (Wildman–Crippen LogP) is 14.2. The highest BCUT2D eigenvalue weighted by Gasteiger charge is 2.21. The van der Waals surface area contributed by atoms with Crippen molar-refractivity contribution >= 4 is 98.1 Å². The van der Waals surface area contributed by atoms with Crippen LogP contribution in [0.15, 0.2) is 171 Å². The van der Waals surface area contributed by atoms with Gasteiger partial charge in [-0.05, 0) is 103 Å². The highest BCUT2D eigenvalue weighted by Crippen LogP contribution is 2.47. The van der Waals surface area contributed by atoms with Gasteiger partial charge in [-0.3, -0.25) is 0 Å². The topological polar surface area (TPSA) is 39.4 Å². The fraction of sp³-hybridized carbons (Fsp3) is 0. The first kappa shape index (κ1) is 27.0. The molecule has 0 saturated carbocycles. The maximum atomic E-state index is 6.67. The molecule has 0 unspecified atom stereocenters. The fourth-order valence-electron chi connectivity index (χ4n) is 8.65. The number of hydrogen-bond donors (Lipinski definition) is 0. The number of benzene rings is 9. The van der Waals surface area contributed by atoms with Crippen LogP contribution in [-0.2, 0) is 0 Å². The molecule has 236 valence electrons. The van der Waals surface area contributed by atoms with Gasteiger partial charge >= 0.3 is 0 Å². The summed E-state index contributed by atoms with van der Waals surface area (Å²) in [5, 5.41) is 13.8. The van der Waals surface area contributed by atoms with Crippen LogP contribution in [0.1, 0.15) is 0 Å². The first-order valence-corrected chi connectivity index (χ1v) is 17.3. The average molecular weight is 651 g/mol. The van der Waals surface area contributed by atoms with Crippen molar-refractivity contribution in [3.63, 3.8) is 0 Å². The van der Waals surface area contributed by atoms with Gasteiger partial charge in [-0.15, -0.1) is 0 Å². The summed E-state index contributed by atoms with van der Waals surface area (Å²) in [5.74, 6) is 0. The Morgan fingerprint density at radius 2 is 0.784 bits per heavy atom. The zero-order valence-electron chi connectivity index (χ0n) is 27.2. The number of hydrogen-bond acceptors (Lipinski definition) is 3. The van der Waals surface area contributed by atoms with Crippen molar-refractivity contribution in [2.24, 2.45) is 0 Å². The molecule has 0 atom stereocenters. The molecule has 0 amide bonds. The van der Waals surface area contributed by atoms with E-state index in [-0.39, 0.29) is 0 Å². The van der Waals surface area contributed by atoms with E-state index in [9.17, 15) is 0 Å². The van der Waals surface area contributed by atoms with E-state index in [0.717, 1.165) is 76.9 Å². The second kappa shape index (κ2) is 9.87. The van der Waals surface area contributed by atoms with E-state index in [0.29, 0.717) is 0 Å². The first-order valence-electron chi connectivity index (χ1n) is 17.3. The van der Waals surface area contributed by atoms with Gasteiger partial charge in [0.15, 0.2) is 0 Å². The minimum Gasteiger partial charge on any atom is -0.456 e. The van der Waals surface area contributed by atoms with Crippen LogP contribution in [0.5, 0.6) is 0 Å². The third-order valence-corrected chi connectivity index (χ3v) is 10.8. The molecule has 0 saturated heterocycles. The van der Waals surface area contributed by atoms with Gasteiger partial charge in [-0.25, -0.2) is 0 Å². The van der Waals surface area contributed by atoms with Crippen molar-refractivity contribution in [2.45, 2.75) is 0 Å². The van der Waals surface area contributed by atoms with Gasteiger partial charge in [0.05, 0.1) is 5.39 Å². The monoisotopic (exact) mass is 650 g/mol. The Hall–Kier alpha value is -6.84. The lowest BCUT2D eigenvalue weighted by atomic mass is 9.85. The molecule has 0 N–H and O–H groups in total. The zero-order valence-corrected chi connectivity index (χ0v) is 27.2. The third-order valence-electron chi connectivity index (χ3n) is 10.8. The molecular weight excluding hydrogens is 625 g/mol. The quantitative estimate of drug-likeness (QED) is 0.175. The first-order chi connectivity index (χ1) is 25.3. The lowest BCUT2D eigenvalue weighted by Gasteiger charge is -2.17. The second-order valence-electron chi connectivity index (χ2n) is 13.5. The number of fused-ring (bicyclic) bond motifs is 14. The maximum absolute atomic E-state index is 6.67. The minimum atomic E-state index is 0.823. The van der Waals surface area contributed by atoms with Crippen molar-refractivity contribution in [1.82, 2.24) is 0 Å². The molecule has 3 heteroatoms. The molecule has 3 nitrogen and oxygen atoms in total. The highest BCUT2D eigenvalue weighted by molar-refractivity contribution is 6.28. The molecule has 0 spiro atoms. The molecule has 12 aromatic rings. The second-order valence-corrected chi connectivity index (χ2v) is 13.5. The molecule has 12 rings (SSSR count). The van der Waals surface area contributed by atoms with Crippen LogP contribution in [0, 0.1) is 0 Å². The lowest BCUT2D eigenvalue weighted by molar-refractivity contribution is 0.663. The van der Waals surface area contributed by atoms with Crippen LogP contribution in [-0.4, -0.2) is 0 Å². The average Bonchev–Trinajstić information content (AvgIpc) is 3.87. The van der Waals surface area contributed by atoms with Crippen LogP contribution in [0.4, 0.5) is 0 Å². The summed E-state index contributed by atoms with van der Waals surface area (Å²) in [5.41, 5.74) is 9.90. The Kier molecular flexibility index (Phi) is 5.23. The molecular formula is C48H26O3. The Bertz CT molecular complexity index is 3370. The van der Waals surface area contributed by atoms with Gasteiger partial charge in [-0.1, -0.05) is 109 Å². The number of furan rings is 3. The van der Waals surface area contributed by atoms with Crippen molar-refractivity contribution in [2.75, 3.05) is 0 Å². The van der Waals surface area contributed by atoms with E-state index < -0.39 is 0 Å². The van der Waals surface area contributed by atoms with Crippen molar-refractivity contribution in [3.8, 4) is 22.3 Å². The van der Waals surface area contributed by atoms with E-state index in [1.807, 2.05) is 12.1 Å². The Balaban J connectivity index is 1.14. The minimum absolute atomic E-state index is 0.823. The fourth-order valence-corrected chi connectivity index (χ4v) is 8.65. The van der Waals surface area contributed by atoms with E-state index in [4.69, 9.17) is 13.3 Å². The van der Waals surface area contributed by atoms with E-state index in [1.165, 1.54) is 43.4 Å². The summed E-state index contributed by atoms with van der Waals surface area (Å²) in [6, 6.07) is 56.0. The lowest BCUT2D eigenvalue weighted by Crippen LogP contribution is -1.90. The molecule has 0 bridgehead atoms. The standard InChI is InChI=1S/C48H26O3/c1-2-10-30-27(9-1)18-23-41-46(30)37-21-24-42-47(48(37)51-41)38-25-28(19-22-40(38)49-42)44-33-12-3-5-14-35(33)45(36-15-6-4-13-34(36)44)29-17-20-32-31-11-7-8-16-39(31)50-43(32)26-29/h1-26H. The largest absolute Gasteiger partial charge is 0.456 e. The third kappa shape index (κ3) is 3.67. The summed E-state index contributed by atoms with van der Waals surface area (Å²) in [6.45, 7) is 0. The Morgan fingerprint density at radius 1 is 0.275 bits per heavy atom. The number of rotatable bonds is 2. The summed E-state index contributed by atoms with van der Waals surface area (Å²) in [7, 11) is 0. The van der Waals surface area contributed by atoms with Crippen LogP contribution < -0.4 is 0 Å². The summed E-state index contributed by atoms with van der Waals surface area (Å²) >= 11 is 0. The zero-order chi connectivity index (χ0) is 33.2. The van der Waals surface area contributed by atoms with Crippen molar-refractivity contribution < 1.29 is 13.3 Å². The van der Waals surface area contributed by atoms with Gasteiger partial charge in [0.25, 0.3) is 0 Å². The van der Waals surface area contributed by atoms with Gasteiger partial charge in [0.1, 0.15) is 33.5 Å². The molecule has 0 radical (unpaired) electrons. The Morgan fingerprint density at radius 3 is 1.55 bits per heavy atom. The van der Waals surface area contributed by atoms with Crippen molar-refractivity contribution in [3.05, 3.63) is 158 Å². The molecule has 9 aromatic carbocycles. The molecule has 3 aromatic heterocycles. The van der Waals surface area contributed by atoms with Crippen LogP contribution >= 0.6 is 0 Å². The van der Waals surface area contributed by atoms with Gasteiger partial charge < -0.3 is 13.3 Å². The molecule has 3 heterocycles. The molecule has 0 aliphatic rings. The molecule has 0 aliphatic heterocycles. The van der Waals surface area contributed by atoms with Gasteiger partial charge in [0.2, 0.25) is 0 Å². The molecule has 0 fully saturated rings.